The van der Waals surface area contributed by atoms with Crippen LogP contribution in [0, 0.1) is 30.9 Å². The number of nitro groups is 1. The van der Waals surface area contributed by atoms with Crippen LogP contribution in [-0.2, 0) is 6.54 Å². The lowest BCUT2D eigenvalue weighted by atomic mass is 10.1. The Morgan fingerprint density at radius 1 is 1.11 bits per heavy atom. The molecule has 1 aromatic heterocycles. The molecule has 27 heavy (non-hydrogen) atoms. The van der Waals surface area contributed by atoms with E-state index in [4.69, 9.17) is 0 Å². The maximum Gasteiger partial charge on any atom is 0.271 e. The molecule has 0 spiro atoms. The summed E-state index contributed by atoms with van der Waals surface area (Å²) in [4.78, 5) is 22.9. The highest BCUT2D eigenvalue weighted by atomic mass is 16.6. The van der Waals surface area contributed by atoms with Crippen LogP contribution in [0.2, 0.25) is 0 Å². The fourth-order valence-corrected chi connectivity index (χ4v) is 2.82. The number of non-ortho nitro benzene ring substituents is 1. The Labute approximate surface area is 156 Å². The average molecular weight is 364 g/mol. The van der Waals surface area contributed by atoms with Crippen molar-refractivity contribution < 1.29 is 9.72 Å². The molecule has 7 nitrogen and oxygen atoms in total. The molecule has 1 heterocycles. The first-order chi connectivity index (χ1) is 12.8. The Morgan fingerprint density at radius 3 is 2.41 bits per heavy atom. The first-order valence-electron chi connectivity index (χ1n) is 8.50. The van der Waals surface area contributed by atoms with E-state index in [1.54, 1.807) is 25.1 Å². The molecular formula is C20H20N4O3. The summed E-state index contributed by atoms with van der Waals surface area (Å²) in [5.74, 6) is -0.309. The van der Waals surface area contributed by atoms with Gasteiger partial charge in [-0.25, -0.2) is 0 Å². The molecule has 0 bridgehead atoms. The van der Waals surface area contributed by atoms with Crippen molar-refractivity contribution in [3.05, 3.63) is 86.7 Å². The summed E-state index contributed by atoms with van der Waals surface area (Å²) in [7, 11) is 0. The summed E-state index contributed by atoms with van der Waals surface area (Å²) in [5.41, 5.74) is 4.70. The molecule has 0 aliphatic rings. The van der Waals surface area contributed by atoms with Crippen LogP contribution in [0.15, 0.2) is 48.5 Å². The van der Waals surface area contributed by atoms with Gasteiger partial charge in [-0.3, -0.25) is 19.6 Å². The molecule has 2 aromatic carbocycles. The number of rotatable bonds is 5. The van der Waals surface area contributed by atoms with Crippen molar-refractivity contribution in [2.75, 3.05) is 5.32 Å². The third-order valence-corrected chi connectivity index (χ3v) is 4.33. The second-order valence-corrected chi connectivity index (χ2v) is 6.49. The van der Waals surface area contributed by atoms with Crippen LogP contribution in [0.5, 0.6) is 0 Å². The number of benzene rings is 2. The second-order valence-electron chi connectivity index (χ2n) is 6.49. The van der Waals surface area contributed by atoms with Crippen LogP contribution in [0.25, 0.3) is 0 Å². The van der Waals surface area contributed by atoms with Gasteiger partial charge in [0, 0.05) is 23.4 Å². The Morgan fingerprint density at radius 2 is 1.81 bits per heavy atom. The molecular weight excluding hydrogens is 344 g/mol. The van der Waals surface area contributed by atoms with E-state index in [9.17, 15) is 14.9 Å². The van der Waals surface area contributed by atoms with Crippen LogP contribution < -0.4 is 5.32 Å². The summed E-state index contributed by atoms with van der Waals surface area (Å²) in [6.45, 7) is 6.37. The summed E-state index contributed by atoms with van der Waals surface area (Å²) in [5, 5.41) is 18.1. The van der Waals surface area contributed by atoms with E-state index in [0.717, 1.165) is 22.5 Å². The molecule has 0 aliphatic carbocycles. The van der Waals surface area contributed by atoms with Gasteiger partial charge in [0.2, 0.25) is 0 Å². The van der Waals surface area contributed by atoms with Crippen molar-refractivity contribution in [1.82, 2.24) is 9.78 Å². The van der Waals surface area contributed by atoms with Gasteiger partial charge in [0.05, 0.1) is 22.8 Å². The van der Waals surface area contributed by atoms with E-state index in [2.05, 4.69) is 10.4 Å². The quantitative estimate of drug-likeness (QED) is 0.547. The molecule has 0 unspecified atom stereocenters. The fourth-order valence-electron chi connectivity index (χ4n) is 2.82. The molecule has 138 valence electrons. The molecule has 0 atom stereocenters. The molecule has 0 fully saturated rings. The van der Waals surface area contributed by atoms with Gasteiger partial charge in [0.25, 0.3) is 11.6 Å². The number of carbonyl (C=O) groups excluding carboxylic acids is 1. The molecule has 3 aromatic rings. The van der Waals surface area contributed by atoms with Crippen molar-refractivity contribution >= 4 is 17.3 Å². The Kier molecular flexibility index (Phi) is 5.03. The minimum atomic E-state index is -0.483. The Hall–Kier alpha value is -3.48. The number of anilines is 1. The van der Waals surface area contributed by atoms with Crippen molar-refractivity contribution in [3.8, 4) is 0 Å². The number of nitrogens with zero attached hydrogens (tertiary/aromatic N) is 3. The standard InChI is InChI=1S/C20H20N4O3/c1-13-4-9-18(24(26)27)11-19(13)21-20(25)17-7-5-16(6-8-17)12-23-15(3)10-14(2)22-23/h4-11H,12H2,1-3H3,(H,21,25). The SMILES string of the molecule is Cc1cc(C)n(Cc2ccc(C(=O)Nc3cc([N+](=O)[O-])ccc3C)cc2)n1. The van der Waals surface area contributed by atoms with Crippen molar-refractivity contribution in [3.63, 3.8) is 0 Å². The average Bonchev–Trinajstić information content (AvgIpc) is 2.94. The zero-order valence-electron chi connectivity index (χ0n) is 15.4. The van der Waals surface area contributed by atoms with Gasteiger partial charge in [0.1, 0.15) is 0 Å². The molecule has 0 saturated heterocycles. The van der Waals surface area contributed by atoms with E-state index in [0.29, 0.717) is 17.8 Å². The third kappa shape index (κ3) is 4.20. The number of aromatic nitrogens is 2. The van der Waals surface area contributed by atoms with Gasteiger partial charge >= 0.3 is 0 Å². The summed E-state index contributed by atoms with van der Waals surface area (Å²) < 4.78 is 1.91. The van der Waals surface area contributed by atoms with Crippen molar-refractivity contribution in [2.24, 2.45) is 0 Å². The maximum absolute atomic E-state index is 12.5. The number of nitrogens with one attached hydrogen (secondary N) is 1. The maximum atomic E-state index is 12.5. The first-order valence-corrected chi connectivity index (χ1v) is 8.50. The second kappa shape index (κ2) is 7.41. The van der Waals surface area contributed by atoms with Crippen LogP contribution in [0.1, 0.15) is 32.9 Å². The lowest BCUT2D eigenvalue weighted by Gasteiger charge is -2.09. The van der Waals surface area contributed by atoms with Gasteiger partial charge in [-0.15, -0.1) is 0 Å². The number of carbonyl (C=O) groups is 1. The molecule has 0 aliphatic heterocycles. The highest BCUT2D eigenvalue weighted by Crippen LogP contribution is 2.22. The van der Waals surface area contributed by atoms with Crippen molar-refractivity contribution in [1.29, 1.82) is 0 Å². The molecule has 7 heteroatoms. The van der Waals surface area contributed by atoms with E-state index >= 15 is 0 Å². The van der Waals surface area contributed by atoms with E-state index in [1.165, 1.54) is 12.1 Å². The van der Waals surface area contributed by atoms with Gasteiger partial charge < -0.3 is 5.32 Å². The monoisotopic (exact) mass is 364 g/mol. The third-order valence-electron chi connectivity index (χ3n) is 4.33. The number of hydrogen-bond acceptors (Lipinski definition) is 4. The first kappa shape index (κ1) is 18.3. The highest BCUT2D eigenvalue weighted by Gasteiger charge is 2.12. The summed E-state index contributed by atoms with van der Waals surface area (Å²) >= 11 is 0. The Bertz CT molecular complexity index is 1010. The van der Waals surface area contributed by atoms with Gasteiger partial charge in [-0.1, -0.05) is 18.2 Å². The van der Waals surface area contributed by atoms with E-state index < -0.39 is 4.92 Å². The van der Waals surface area contributed by atoms with E-state index in [-0.39, 0.29) is 11.6 Å². The molecule has 3 rings (SSSR count). The summed E-state index contributed by atoms with van der Waals surface area (Å²) in [6.07, 6.45) is 0. The van der Waals surface area contributed by atoms with Gasteiger partial charge in [0.15, 0.2) is 0 Å². The van der Waals surface area contributed by atoms with Crippen LogP contribution in [-0.4, -0.2) is 20.6 Å². The van der Waals surface area contributed by atoms with Crippen LogP contribution in [0.4, 0.5) is 11.4 Å². The minimum Gasteiger partial charge on any atom is -0.321 e. The number of amides is 1. The lowest BCUT2D eigenvalue weighted by Crippen LogP contribution is -2.13. The molecule has 0 saturated carbocycles. The highest BCUT2D eigenvalue weighted by molar-refractivity contribution is 6.04. The fraction of sp³-hybridized carbons (Fsp3) is 0.200. The predicted molar refractivity (Wildman–Crippen MR) is 103 cm³/mol. The number of nitro benzene ring substituents is 1. The van der Waals surface area contributed by atoms with Crippen LogP contribution >= 0.6 is 0 Å². The Balaban J connectivity index is 1.73. The zero-order valence-corrected chi connectivity index (χ0v) is 15.4. The zero-order chi connectivity index (χ0) is 19.6. The lowest BCUT2D eigenvalue weighted by molar-refractivity contribution is -0.384. The van der Waals surface area contributed by atoms with Gasteiger partial charge in [-0.05, 0) is 50.1 Å². The summed E-state index contributed by atoms with van der Waals surface area (Å²) in [6, 6.07) is 13.7. The number of hydrogen-bond donors (Lipinski definition) is 1. The largest absolute Gasteiger partial charge is 0.321 e. The molecule has 1 amide bonds. The van der Waals surface area contributed by atoms with Crippen molar-refractivity contribution in [2.45, 2.75) is 27.3 Å². The van der Waals surface area contributed by atoms with Crippen LogP contribution in [0.3, 0.4) is 0 Å². The predicted octanol–water partition coefficient (Wildman–Crippen LogP) is 4.02. The molecule has 1 N–H and O–H groups in total. The molecule has 0 radical (unpaired) electrons. The van der Waals surface area contributed by atoms with Gasteiger partial charge in [-0.2, -0.15) is 5.10 Å². The topological polar surface area (TPSA) is 90.1 Å². The number of aryl methyl sites for hydroxylation is 3. The smallest absolute Gasteiger partial charge is 0.271 e. The normalized spacial score (nSPS) is 10.6. The van der Waals surface area contributed by atoms with E-state index in [1.807, 2.05) is 36.7 Å². The minimum absolute atomic E-state index is 0.0591.